The number of likely N-dealkylation sites (tertiary alicyclic amines) is 2. The van der Waals surface area contributed by atoms with E-state index in [4.69, 9.17) is 4.74 Å². The van der Waals surface area contributed by atoms with Gasteiger partial charge in [-0.05, 0) is 36.5 Å². The molecule has 0 saturated carbocycles. The lowest BCUT2D eigenvalue weighted by Crippen LogP contribution is -2.46. The van der Waals surface area contributed by atoms with Crippen LogP contribution < -0.4 is 4.74 Å². The van der Waals surface area contributed by atoms with Crippen molar-refractivity contribution in [1.29, 1.82) is 0 Å². The van der Waals surface area contributed by atoms with Gasteiger partial charge in [-0.2, -0.15) is 0 Å². The summed E-state index contributed by atoms with van der Waals surface area (Å²) in [5.41, 5.74) is 2.12. The number of hydrogen-bond acceptors (Lipinski definition) is 5. The molecule has 3 aliphatic rings. The number of quaternary nitrogens is 1. The van der Waals surface area contributed by atoms with E-state index in [1.54, 1.807) is 0 Å². The molecule has 1 aromatic rings. The van der Waals surface area contributed by atoms with E-state index in [-0.39, 0.29) is 30.3 Å². The Morgan fingerprint density at radius 3 is 2.60 bits per heavy atom. The van der Waals surface area contributed by atoms with Crippen LogP contribution in [0, 0.1) is 5.92 Å². The minimum absolute atomic E-state index is 0.0734. The Morgan fingerprint density at radius 1 is 1.15 bits per heavy atom. The second-order valence-electron chi connectivity index (χ2n) is 12.8. The van der Waals surface area contributed by atoms with Crippen molar-refractivity contribution in [2.75, 3.05) is 73.6 Å². The van der Waals surface area contributed by atoms with Gasteiger partial charge in [-0.3, -0.25) is 19.3 Å². The van der Waals surface area contributed by atoms with Crippen molar-refractivity contribution in [3.8, 4) is 5.75 Å². The molecule has 3 aliphatic heterocycles. The summed E-state index contributed by atoms with van der Waals surface area (Å²) in [6.07, 6.45) is 5.70. The summed E-state index contributed by atoms with van der Waals surface area (Å²) in [6, 6.07) is 5.74. The maximum absolute atomic E-state index is 13.7. The van der Waals surface area contributed by atoms with Crippen LogP contribution in [-0.2, 0) is 20.8 Å². The second kappa shape index (κ2) is 13.3. The SMILES string of the molecule is CCCCN(CCC[N+](C)(C)C)C(=O)CN1CC(c2ccc3c(c2)CCO3)C(C(=O)O)C1CCN1CCCC1=O. The molecule has 40 heavy (non-hydrogen) atoms. The highest BCUT2D eigenvalue weighted by atomic mass is 16.5. The van der Waals surface area contributed by atoms with Crippen molar-refractivity contribution in [3.63, 3.8) is 0 Å². The normalized spacial score (nSPS) is 22.9. The van der Waals surface area contributed by atoms with E-state index < -0.39 is 11.9 Å². The van der Waals surface area contributed by atoms with Crippen LogP contribution in [0.15, 0.2) is 18.2 Å². The molecule has 1 N–H and O–H groups in total. The van der Waals surface area contributed by atoms with E-state index in [0.717, 1.165) is 73.1 Å². The highest BCUT2D eigenvalue weighted by molar-refractivity contribution is 5.79. The molecular formula is C31H49N4O5+. The second-order valence-corrected chi connectivity index (χ2v) is 12.8. The number of amides is 2. The number of carboxylic acids is 1. The number of unbranched alkanes of at least 4 members (excludes halogenated alkanes) is 1. The van der Waals surface area contributed by atoms with Gasteiger partial charge in [-0.25, -0.2) is 0 Å². The molecule has 2 amide bonds. The number of carboxylic acid groups (broad SMARTS) is 1. The number of hydrogen-bond donors (Lipinski definition) is 1. The smallest absolute Gasteiger partial charge is 0.308 e. The molecule has 9 heteroatoms. The van der Waals surface area contributed by atoms with Gasteiger partial charge >= 0.3 is 5.97 Å². The number of aliphatic carboxylic acids is 1. The monoisotopic (exact) mass is 557 g/mol. The van der Waals surface area contributed by atoms with Crippen LogP contribution in [-0.4, -0.2) is 122 Å². The number of carbonyl (C=O) groups is 3. The summed E-state index contributed by atoms with van der Waals surface area (Å²) >= 11 is 0. The molecule has 2 fully saturated rings. The Morgan fingerprint density at radius 2 is 1.93 bits per heavy atom. The van der Waals surface area contributed by atoms with Crippen LogP contribution in [0.1, 0.15) is 62.5 Å². The lowest BCUT2D eigenvalue weighted by molar-refractivity contribution is -0.870. The summed E-state index contributed by atoms with van der Waals surface area (Å²) in [4.78, 5) is 44.8. The third-order valence-electron chi connectivity index (χ3n) is 8.77. The predicted octanol–water partition coefficient (Wildman–Crippen LogP) is 2.83. The van der Waals surface area contributed by atoms with Gasteiger partial charge in [0.05, 0.1) is 46.8 Å². The highest BCUT2D eigenvalue weighted by Crippen LogP contribution is 2.41. The average Bonchev–Trinajstić information content (AvgIpc) is 3.62. The minimum atomic E-state index is -0.833. The fourth-order valence-corrected chi connectivity index (χ4v) is 6.58. The lowest BCUT2D eigenvalue weighted by atomic mass is 9.83. The van der Waals surface area contributed by atoms with Crippen LogP contribution in [0.5, 0.6) is 5.75 Å². The first kappa shape index (κ1) is 30.3. The van der Waals surface area contributed by atoms with Crippen molar-refractivity contribution >= 4 is 17.8 Å². The number of ether oxygens (including phenoxy) is 1. The van der Waals surface area contributed by atoms with Gasteiger partial charge in [0, 0.05) is 63.9 Å². The molecule has 222 valence electrons. The minimum Gasteiger partial charge on any atom is -0.493 e. The van der Waals surface area contributed by atoms with E-state index in [2.05, 4.69) is 39.0 Å². The first-order valence-electron chi connectivity index (χ1n) is 15.2. The van der Waals surface area contributed by atoms with Crippen LogP contribution in [0.25, 0.3) is 0 Å². The Bertz CT molecular complexity index is 1050. The number of carbonyl (C=O) groups excluding carboxylic acids is 2. The molecular weight excluding hydrogens is 508 g/mol. The molecule has 0 aliphatic carbocycles. The van der Waals surface area contributed by atoms with Crippen molar-refractivity contribution < 1.29 is 28.7 Å². The maximum Gasteiger partial charge on any atom is 0.308 e. The fourth-order valence-electron chi connectivity index (χ4n) is 6.58. The summed E-state index contributed by atoms with van der Waals surface area (Å²) < 4.78 is 6.54. The Hall–Kier alpha value is -2.65. The molecule has 9 nitrogen and oxygen atoms in total. The van der Waals surface area contributed by atoms with Gasteiger partial charge in [-0.1, -0.05) is 25.5 Å². The van der Waals surface area contributed by atoms with Gasteiger partial charge in [-0.15, -0.1) is 0 Å². The fraction of sp³-hybridized carbons (Fsp3) is 0.710. The summed E-state index contributed by atoms with van der Waals surface area (Å²) in [6.45, 7) is 7.20. The molecule has 2 saturated heterocycles. The summed E-state index contributed by atoms with van der Waals surface area (Å²) in [5.74, 6) is -0.605. The average molecular weight is 558 g/mol. The van der Waals surface area contributed by atoms with Gasteiger partial charge in [0.1, 0.15) is 5.75 Å². The van der Waals surface area contributed by atoms with Crippen molar-refractivity contribution in [3.05, 3.63) is 29.3 Å². The van der Waals surface area contributed by atoms with Gasteiger partial charge in [0.2, 0.25) is 11.8 Å². The first-order valence-corrected chi connectivity index (χ1v) is 15.2. The predicted molar refractivity (Wildman–Crippen MR) is 154 cm³/mol. The van der Waals surface area contributed by atoms with Crippen molar-refractivity contribution in [2.24, 2.45) is 5.92 Å². The lowest BCUT2D eigenvalue weighted by Gasteiger charge is -2.31. The van der Waals surface area contributed by atoms with Crippen LogP contribution in [0.4, 0.5) is 0 Å². The molecule has 0 aromatic heterocycles. The van der Waals surface area contributed by atoms with Crippen LogP contribution >= 0.6 is 0 Å². The van der Waals surface area contributed by atoms with Gasteiger partial charge < -0.3 is 24.1 Å². The molecule has 4 rings (SSSR count). The van der Waals surface area contributed by atoms with E-state index in [9.17, 15) is 19.5 Å². The third-order valence-corrected chi connectivity index (χ3v) is 8.77. The zero-order valence-corrected chi connectivity index (χ0v) is 24.9. The molecule has 0 spiro atoms. The largest absolute Gasteiger partial charge is 0.493 e. The molecule has 0 radical (unpaired) electrons. The third kappa shape index (κ3) is 7.55. The quantitative estimate of drug-likeness (QED) is 0.354. The zero-order chi connectivity index (χ0) is 28.9. The van der Waals surface area contributed by atoms with Crippen LogP contribution in [0.3, 0.4) is 0 Å². The topological polar surface area (TPSA) is 90.4 Å². The number of rotatable bonds is 14. The standard InChI is InChI=1S/C31H48N4O5/c1-5-6-14-32(16-8-18-35(2,3)4)29(37)22-34-21-25(23-10-11-27-24(20-23)13-19-40-27)30(31(38)39)26(34)12-17-33-15-7-9-28(33)36/h10-11,20,25-26,30H,5-9,12-19,21-22H2,1-4H3/p+1. The Labute approximate surface area is 239 Å². The zero-order valence-electron chi connectivity index (χ0n) is 24.9. The Kier molecular flexibility index (Phi) is 10.1. The Balaban J connectivity index is 1.55. The molecule has 1 aromatic carbocycles. The number of benzene rings is 1. The summed E-state index contributed by atoms with van der Waals surface area (Å²) in [5, 5.41) is 10.5. The van der Waals surface area contributed by atoms with Crippen molar-refractivity contribution in [2.45, 2.75) is 63.8 Å². The molecule has 3 unspecified atom stereocenters. The van der Waals surface area contributed by atoms with Gasteiger partial charge in [0.15, 0.2) is 0 Å². The van der Waals surface area contributed by atoms with E-state index in [0.29, 0.717) is 39.1 Å². The summed E-state index contributed by atoms with van der Waals surface area (Å²) in [7, 11) is 6.49. The number of fused-ring (bicyclic) bond motifs is 1. The van der Waals surface area contributed by atoms with E-state index in [1.165, 1.54) is 0 Å². The van der Waals surface area contributed by atoms with Crippen LogP contribution in [0.2, 0.25) is 0 Å². The highest BCUT2D eigenvalue weighted by Gasteiger charge is 2.47. The molecule has 0 bridgehead atoms. The molecule has 3 atom stereocenters. The van der Waals surface area contributed by atoms with Crippen molar-refractivity contribution in [1.82, 2.24) is 14.7 Å². The van der Waals surface area contributed by atoms with E-state index in [1.807, 2.05) is 21.9 Å². The first-order chi connectivity index (χ1) is 19.1. The maximum atomic E-state index is 13.7. The molecule has 3 heterocycles. The van der Waals surface area contributed by atoms with E-state index >= 15 is 0 Å². The van der Waals surface area contributed by atoms with Gasteiger partial charge in [0.25, 0.3) is 0 Å². The number of nitrogens with zero attached hydrogens (tertiary/aromatic N) is 4.